The van der Waals surface area contributed by atoms with Crippen molar-refractivity contribution in [1.29, 1.82) is 0 Å². The fourth-order valence-electron chi connectivity index (χ4n) is 0.927. The molecule has 2 heteroatoms. The van der Waals surface area contributed by atoms with E-state index in [2.05, 4.69) is 12.1 Å². The molecule has 0 saturated heterocycles. The average molecular weight is 163 g/mol. The molecule has 64 valence electrons. The molecule has 0 aliphatic carbocycles. The molecule has 1 aromatic rings. The van der Waals surface area contributed by atoms with Crippen LogP contribution in [0.4, 0.5) is 0 Å². The van der Waals surface area contributed by atoms with Crippen molar-refractivity contribution in [3.8, 4) is 0 Å². The first-order valence-electron chi connectivity index (χ1n) is 3.84. The highest BCUT2D eigenvalue weighted by molar-refractivity contribution is 5.47. The summed E-state index contributed by atoms with van der Waals surface area (Å²) in [7, 11) is 1.61. The molecule has 1 N–H and O–H groups in total. The van der Waals surface area contributed by atoms with Gasteiger partial charge in [-0.1, -0.05) is 36.9 Å². The van der Waals surface area contributed by atoms with Gasteiger partial charge in [0.25, 0.3) is 0 Å². The standard InChI is InChI=1S/C10H13NO/c1-3-9-4-6-10(7-5-9)8-11-12-2/h3-7,11H,1,8H2,2H3. The number of rotatable bonds is 4. The molecule has 0 heterocycles. The normalized spacial score (nSPS) is 9.75. The van der Waals surface area contributed by atoms with Gasteiger partial charge in [-0.15, -0.1) is 0 Å². The van der Waals surface area contributed by atoms with Crippen LogP contribution in [0.2, 0.25) is 0 Å². The predicted octanol–water partition coefficient (Wildman–Crippen LogP) is 1.98. The lowest BCUT2D eigenvalue weighted by Gasteiger charge is -2.01. The number of hydrogen-bond donors (Lipinski definition) is 1. The highest BCUT2D eigenvalue weighted by Gasteiger charge is 1.90. The minimum atomic E-state index is 0.730. The lowest BCUT2D eigenvalue weighted by molar-refractivity contribution is 0.0867. The van der Waals surface area contributed by atoms with Crippen molar-refractivity contribution in [2.45, 2.75) is 6.54 Å². The maximum Gasteiger partial charge on any atom is 0.0572 e. The van der Waals surface area contributed by atoms with Gasteiger partial charge in [-0.25, -0.2) is 0 Å². The van der Waals surface area contributed by atoms with Gasteiger partial charge in [0.2, 0.25) is 0 Å². The summed E-state index contributed by atoms with van der Waals surface area (Å²) in [6.45, 7) is 4.41. The summed E-state index contributed by atoms with van der Waals surface area (Å²) in [6.07, 6.45) is 1.83. The molecule has 0 saturated carbocycles. The summed E-state index contributed by atoms with van der Waals surface area (Å²) in [6, 6.07) is 8.14. The Kier molecular flexibility index (Phi) is 3.51. The summed E-state index contributed by atoms with van der Waals surface area (Å²) in [4.78, 5) is 4.73. The minimum absolute atomic E-state index is 0.730. The number of nitrogens with one attached hydrogen (secondary N) is 1. The maximum atomic E-state index is 4.73. The maximum absolute atomic E-state index is 4.73. The summed E-state index contributed by atoms with van der Waals surface area (Å²) in [5, 5.41) is 0. The highest BCUT2D eigenvalue weighted by Crippen LogP contribution is 2.04. The Morgan fingerprint density at radius 2 is 2.08 bits per heavy atom. The van der Waals surface area contributed by atoms with Crippen LogP contribution in [-0.4, -0.2) is 7.11 Å². The topological polar surface area (TPSA) is 21.3 Å². The van der Waals surface area contributed by atoms with Crippen LogP contribution in [0.5, 0.6) is 0 Å². The van der Waals surface area contributed by atoms with Crippen molar-refractivity contribution >= 4 is 6.08 Å². The molecule has 0 aliphatic heterocycles. The molecule has 1 rings (SSSR count). The lowest BCUT2D eigenvalue weighted by Crippen LogP contribution is -2.10. The molecule has 0 radical (unpaired) electrons. The highest BCUT2D eigenvalue weighted by atomic mass is 16.6. The first-order chi connectivity index (χ1) is 5.86. The monoisotopic (exact) mass is 163 g/mol. The van der Waals surface area contributed by atoms with Crippen molar-refractivity contribution in [2.75, 3.05) is 7.11 Å². The van der Waals surface area contributed by atoms with Gasteiger partial charge in [0.1, 0.15) is 0 Å². The average Bonchev–Trinajstić information content (AvgIpc) is 2.15. The lowest BCUT2D eigenvalue weighted by atomic mass is 10.1. The zero-order valence-electron chi connectivity index (χ0n) is 7.21. The van der Waals surface area contributed by atoms with Crippen molar-refractivity contribution in [3.05, 3.63) is 42.0 Å². The van der Waals surface area contributed by atoms with Gasteiger partial charge < -0.3 is 4.84 Å². The van der Waals surface area contributed by atoms with Gasteiger partial charge in [0, 0.05) is 6.54 Å². The zero-order valence-corrected chi connectivity index (χ0v) is 7.21. The van der Waals surface area contributed by atoms with E-state index in [4.69, 9.17) is 4.84 Å². The molecule has 0 fully saturated rings. The van der Waals surface area contributed by atoms with E-state index in [0.29, 0.717) is 0 Å². The van der Waals surface area contributed by atoms with E-state index in [1.54, 1.807) is 7.11 Å². The van der Waals surface area contributed by atoms with E-state index in [1.807, 2.05) is 30.3 Å². The Labute approximate surface area is 72.8 Å². The van der Waals surface area contributed by atoms with Crippen LogP contribution in [-0.2, 0) is 11.4 Å². The second-order valence-electron chi connectivity index (χ2n) is 2.47. The Hall–Kier alpha value is -1.12. The van der Waals surface area contributed by atoms with Gasteiger partial charge in [-0.2, -0.15) is 5.48 Å². The third-order valence-electron chi connectivity index (χ3n) is 1.64. The minimum Gasteiger partial charge on any atom is -0.305 e. The first kappa shape index (κ1) is 8.97. The van der Waals surface area contributed by atoms with E-state index in [-0.39, 0.29) is 0 Å². The zero-order chi connectivity index (χ0) is 8.81. The van der Waals surface area contributed by atoms with Crippen LogP contribution >= 0.6 is 0 Å². The summed E-state index contributed by atoms with van der Waals surface area (Å²) in [5.74, 6) is 0. The number of hydrogen-bond acceptors (Lipinski definition) is 2. The Morgan fingerprint density at radius 3 is 2.58 bits per heavy atom. The summed E-state index contributed by atoms with van der Waals surface area (Å²) < 4.78 is 0. The molecule has 0 amide bonds. The van der Waals surface area contributed by atoms with E-state index in [1.165, 1.54) is 5.56 Å². The summed E-state index contributed by atoms with van der Waals surface area (Å²) in [5.41, 5.74) is 5.11. The molecule has 1 aromatic carbocycles. The SMILES string of the molecule is C=Cc1ccc(CNOC)cc1. The van der Waals surface area contributed by atoms with Crippen molar-refractivity contribution < 1.29 is 4.84 Å². The number of benzene rings is 1. The van der Waals surface area contributed by atoms with Gasteiger partial charge in [-0.3, -0.25) is 0 Å². The Balaban J connectivity index is 2.58. The molecule has 0 unspecified atom stereocenters. The smallest absolute Gasteiger partial charge is 0.0572 e. The second-order valence-corrected chi connectivity index (χ2v) is 2.47. The van der Waals surface area contributed by atoms with Crippen LogP contribution in [0.25, 0.3) is 6.08 Å². The van der Waals surface area contributed by atoms with Crippen LogP contribution in [0, 0.1) is 0 Å². The Bertz CT molecular complexity index is 241. The molecule has 12 heavy (non-hydrogen) atoms. The molecule has 0 spiro atoms. The van der Waals surface area contributed by atoms with Gasteiger partial charge in [0.05, 0.1) is 7.11 Å². The second kappa shape index (κ2) is 4.70. The molecular formula is C10H13NO. The van der Waals surface area contributed by atoms with E-state index in [0.717, 1.165) is 12.1 Å². The van der Waals surface area contributed by atoms with Crippen molar-refractivity contribution in [1.82, 2.24) is 5.48 Å². The molecule has 0 aromatic heterocycles. The molecule has 0 bridgehead atoms. The van der Waals surface area contributed by atoms with E-state index in [9.17, 15) is 0 Å². The molecule has 0 atom stereocenters. The fourth-order valence-corrected chi connectivity index (χ4v) is 0.927. The first-order valence-corrected chi connectivity index (χ1v) is 3.84. The van der Waals surface area contributed by atoms with Crippen molar-refractivity contribution in [2.24, 2.45) is 0 Å². The van der Waals surface area contributed by atoms with Crippen LogP contribution in [0.3, 0.4) is 0 Å². The van der Waals surface area contributed by atoms with E-state index >= 15 is 0 Å². The summed E-state index contributed by atoms with van der Waals surface area (Å²) >= 11 is 0. The molecule has 2 nitrogen and oxygen atoms in total. The molecular weight excluding hydrogens is 150 g/mol. The van der Waals surface area contributed by atoms with Crippen LogP contribution in [0.1, 0.15) is 11.1 Å². The van der Waals surface area contributed by atoms with Gasteiger partial charge >= 0.3 is 0 Å². The van der Waals surface area contributed by atoms with E-state index < -0.39 is 0 Å². The van der Waals surface area contributed by atoms with Crippen LogP contribution in [0.15, 0.2) is 30.8 Å². The quantitative estimate of drug-likeness (QED) is 0.685. The van der Waals surface area contributed by atoms with Gasteiger partial charge in [0.15, 0.2) is 0 Å². The van der Waals surface area contributed by atoms with Gasteiger partial charge in [-0.05, 0) is 11.1 Å². The predicted molar refractivity (Wildman–Crippen MR) is 50.4 cm³/mol. The van der Waals surface area contributed by atoms with Crippen LogP contribution < -0.4 is 5.48 Å². The van der Waals surface area contributed by atoms with Crippen molar-refractivity contribution in [3.63, 3.8) is 0 Å². The number of hydroxylamine groups is 1. The Morgan fingerprint density at radius 1 is 1.42 bits per heavy atom. The molecule has 0 aliphatic rings. The third kappa shape index (κ3) is 2.49. The largest absolute Gasteiger partial charge is 0.305 e. The third-order valence-corrected chi connectivity index (χ3v) is 1.64. The fraction of sp³-hybridized carbons (Fsp3) is 0.200.